The van der Waals surface area contributed by atoms with E-state index < -0.39 is 0 Å². The molecule has 0 unspecified atom stereocenters. The van der Waals surface area contributed by atoms with Crippen LogP contribution in [0.5, 0.6) is 0 Å². The lowest BCUT2D eigenvalue weighted by molar-refractivity contribution is 0.675. The Morgan fingerprint density at radius 3 is 2.50 bits per heavy atom. The smallest absolute Gasteiger partial charge is 0.303 e. The molecule has 1 aromatic heterocycles. The van der Waals surface area contributed by atoms with Crippen LogP contribution in [-0.4, -0.2) is 9.13 Å². The monoisotopic (exact) mass is 188 g/mol. The number of nitrogens with zero attached hydrogens (tertiary/aromatic N) is 2. The van der Waals surface area contributed by atoms with Gasteiger partial charge in [-0.1, -0.05) is 0 Å². The zero-order valence-electron chi connectivity index (χ0n) is 6.87. The Labute approximate surface area is 74.0 Å². The highest BCUT2D eigenvalue weighted by atomic mass is 35.5. The Hall–Kier alpha value is -1.03. The molecule has 1 rings (SSSR count). The first-order valence-corrected chi connectivity index (χ1v) is 3.93. The molecule has 12 heavy (non-hydrogen) atoms. The lowest BCUT2D eigenvalue weighted by atomic mass is 10.4. The van der Waals surface area contributed by atoms with Crippen molar-refractivity contribution >= 4 is 11.6 Å². The summed E-state index contributed by atoms with van der Waals surface area (Å²) in [6.45, 7) is 0. The van der Waals surface area contributed by atoms with Gasteiger partial charge >= 0.3 is 5.69 Å². The molecule has 0 aliphatic rings. The van der Waals surface area contributed by atoms with Crippen LogP contribution in [0.1, 0.15) is 5.56 Å². The fourth-order valence-electron chi connectivity index (χ4n) is 0.975. The van der Waals surface area contributed by atoms with Gasteiger partial charge in [0.05, 0.1) is 5.88 Å². The van der Waals surface area contributed by atoms with Crippen LogP contribution >= 0.6 is 11.6 Å². The second-order valence-corrected chi connectivity index (χ2v) is 2.81. The van der Waals surface area contributed by atoms with Gasteiger partial charge in [-0.2, -0.15) is 0 Å². The van der Waals surface area contributed by atoms with Crippen LogP contribution in [0.25, 0.3) is 0 Å². The van der Waals surface area contributed by atoms with E-state index in [-0.39, 0.29) is 17.1 Å². The zero-order chi connectivity index (χ0) is 9.30. The van der Waals surface area contributed by atoms with E-state index >= 15 is 0 Å². The molecule has 5 heteroatoms. The van der Waals surface area contributed by atoms with Crippen LogP contribution in [-0.2, 0) is 20.0 Å². The minimum absolute atomic E-state index is 0.126. The van der Waals surface area contributed by atoms with E-state index in [0.29, 0.717) is 5.56 Å². The molecule has 0 aliphatic carbocycles. The van der Waals surface area contributed by atoms with Crippen molar-refractivity contribution in [3.8, 4) is 0 Å². The molecule has 0 amide bonds. The fourth-order valence-corrected chi connectivity index (χ4v) is 1.16. The Bertz CT molecular complexity index is 405. The van der Waals surface area contributed by atoms with Crippen LogP contribution in [0.2, 0.25) is 0 Å². The highest BCUT2D eigenvalue weighted by Crippen LogP contribution is 1.92. The molecule has 0 atom stereocenters. The summed E-state index contributed by atoms with van der Waals surface area (Å²) in [7, 11) is 3.01. The number of rotatable bonds is 1. The lowest BCUT2D eigenvalue weighted by Crippen LogP contribution is -2.38. The molecule has 0 aliphatic heterocycles. The fraction of sp³-hybridized carbons (Fsp3) is 0.429. The number of hydrogen-bond acceptors (Lipinski definition) is 2. The Kier molecular flexibility index (Phi) is 2.38. The van der Waals surface area contributed by atoms with Crippen molar-refractivity contribution in [3.63, 3.8) is 0 Å². The first kappa shape index (κ1) is 9.06. The van der Waals surface area contributed by atoms with Gasteiger partial charge in [0.15, 0.2) is 0 Å². The van der Waals surface area contributed by atoms with Crippen LogP contribution in [0, 0.1) is 0 Å². The molecule has 1 aromatic rings. The molecule has 0 saturated carbocycles. The van der Waals surface area contributed by atoms with Gasteiger partial charge in [-0.15, -0.1) is 11.6 Å². The first-order chi connectivity index (χ1) is 5.57. The summed E-state index contributed by atoms with van der Waals surface area (Å²) < 4.78 is 2.37. The van der Waals surface area contributed by atoms with E-state index in [1.54, 1.807) is 7.05 Å². The number of aromatic nitrogens is 2. The van der Waals surface area contributed by atoms with E-state index in [1.807, 2.05) is 0 Å². The molecular formula is C7H9ClN2O2. The van der Waals surface area contributed by atoms with Crippen LogP contribution in [0.4, 0.5) is 0 Å². The van der Waals surface area contributed by atoms with Gasteiger partial charge in [-0.05, 0) is 0 Å². The average molecular weight is 189 g/mol. The van der Waals surface area contributed by atoms with Crippen molar-refractivity contribution < 1.29 is 0 Å². The van der Waals surface area contributed by atoms with Crippen molar-refractivity contribution in [1.82, 2.24) is 9.13 Å². The molecule has 66 valence electrons. The third-order valence-electron chi connectivity index (χ3n) is 1.66. The van der Waals surface area contributed by atoms with Crippen molar-refractivity contribution in [3.05, 3.63) is 32.6 Å². The minimum atomic E-state index is -0.339. The quantitative estimate of drug-likeness (QED) is 0.574. The zero-order valence-corrected chi connectivity index (χ0v) is 7.63. The summed E-state index contributed by atoms with van der Waals surface area (Å²) in [5.41, 5.74) is -0.233. The lowest BCUT2D eigenvalue weighted by Gasteiger charge is -2.02. The maximum atomic E-state index is 11.2. The Morgan fingerprint density at radius 2 is 2.00 bits per heavy atom. The van der Waals surface area contributed by atoms with Gasteiger partial charge in [0, 0.05) is 25.9 Å². The maximum Gasteiger partial charge on any atom is 0.330 e. The summed E-state index contributed by atoms with van der Waals surface area (Å²) in [6.07, 6.45) is 1.46. The van der Waals surface area contributed by atoms with Crippen molar-refractivity contribution in [2.45, 2.75) is 5.88 Å². The summed E-state index contributed by atoms with van der Waals surface area (Å²) in [5.74, 6) is 0.126. The van der Waals surface area contributed by atoms with Gasteiger partial charge in [-0.3, -0.25) is 9.36 Å². The molecule has 0 bridgehead atoms. The normalized spacial score (nSPS) is 10.2. The number of hydrogen-bond donors (Lipinski definition) is 0. The summed E-state index contributed by atoms with van der Waals surface area (Å²) in [6, 6.07) is 0. The van der Waals surface area contributed by atoms with Gasteiger partial charge < -0.3 is 4.57 Å². The van der Waals surface area contributed by atoms with E-state index in [2.05, 4.69) is 0 Å². The number of aryl methyl sites for hydroxylation is 1. The van der Waals surface area contributed by atoms with Crippen LogP contribution in [0.3, 0.4) is 0 Å². The largest absolute Gasteiger partial charge is 0.330 e. The third kappa shape index (κ3) is 1.30. The highest BCUT2D eigenvalue weighted by Gasteiger charge is 2.04. The number of alkyl halides is 1. The van der Waals surface area contributed by atoms with Crippen LogP contribution in [0.15, 0.2) is 15.8 Å². The van der Waals surface area contributed by atoms with Crippen molar-refractivity contribution in [2.24, 2.45) is 14.1 Å². The SMILES string of the molecule is Cn1cc(CCl)c(=O)n(C)c1=O. The van der Waals surface area contributed by atoms with Gasteiger partial charge in [0.2, 0.25) is 0 Å². The highest BCUT2D eigenvalue weighted by molar-refractivity contribution is 6.17. The van der Waals surface area contributed by atoms with E-state index in [4.69, 9.17) is 11.6 Å². The predicted octanol–water partition coefficient (Wildman–Crippen LogP) is -0.177. The van der Waals surface area contributed by atoms with E-state index in [1.165, 1.54) is 17.8 Å². The predicted molar refractivity (Wildman–Crippen MR) is 46.5 cm³/mol. The molecule has 0 N–H and O–H groups in total. The van der Waals surface area contributed by atoms with E-state index in [0.717, 1.165) is 4.57 Å². The van der Waals surface area contributed by atoms with Gasteiger partial charge in [0.25, 0.3) is 5.56 Å². The van der Waals surface area contributed by atoms with Gasteiger partial charge in [-0.25, -0.2) is 4.79 Å². The molecular weight excluding hydrogens is 180 g/mol. The van der Waals surface area contributed by atoms with Crippen molar-refractivity contribution in [1.29, 1.82) is 0 Å². The summed E-state index contributed by atoms with van der Waals surface area (Å²) >= 11 is 5.50. The summed E-state index contributed by atoms with van der Waals surface area (Å²) in [4.78, 5) is 22.4. The van der Waals surface area contributed by atoms with E-state index in [9.17, 15) is 9.59 Å². The Balaban J connectivity index is 3.61. The Morgan fingerprint density at radius 1 is 1.42 bits per heavy atom. The molecule has 0 fully saturated rings. The standard InChI is InChI=1S/C7H9ClN2O2/c1-9-4-5(3-8)6(11)10(2)7(9)12/h4H,3H2,1-2H3. The van der Waals surface area contributed by atoms with Crippen molar-refractivity contribution in [2.75, 3.05) is 0 Å². The van der Waals surface area contributed by atoms with Gasteiger partial charge in [0.1, 0.15) is 0 Å². The first-order valence-electron chi connectivity index (χ1n) is 3.39. The summed E-state index contributed by atoms with van der Waals surface area (Å²) in [5, 5.41) is 0. The second-order valence-electron chi connectivity index (χ2n) is 2.55. The molecule has 1 heterocycles. The number of halogens is 1. The molecule has 0 radical (unpaired) electrons. The minimum Gasteiger partial charge on any atom is -0.303 e. The second kappa shape index (κ2) is 3.15. The average Bonchev–Trinajstić information content (AvgIpc) is 2.08. The molecule has 0 saturated heterocycles. The maximum absolute atomic E-state index is 11.2. The molecule has 4 nitrogen and oxygen atoms in total. The topological polar surface area (TPSA) is 44.0 Å². The third-order valence-corrected chi connectivity index (χ3v) is 1.95. The molecule has 0 spiro atoms. The van der Waals surface area contributed by atoms with Crippen LogP contribution < -0.4 is 11.2 Å². The molecule has 0 aromatic carbocycles.